The van der Waals surface area contributed by atoms with Crippen molar-refractivity contribution in [1.29, 1.82) is 0 Å². The van der Waals surface area contributed by atoms with Crippen LogP contribution in [0.2, 0.25) is 0 Å². The normalized spacial score (nSPS) is 16.2. The Morgan fingerprint density at radius 3 is 0.600 bits per heavy atom. The molecule has 10 heteroatoms. The minimum absolute atomic E-state index is 0. The molecule has 0 saturated carbocycles. The van der Waals surface area contributed by atoms with Crippen LogP contribution < -0.4 is 59.1 Å². The van der Waals surface area contributed by atoms with Crippen molar-refractivity contribution in [3.63, 3.8) is 0 Å². The van der Waals surface area contributed by atoms with Crippen molar-refractivity contribution in [3.05, 3.63) is 0 Å². The molecule has 0 aromatic rings. The van der Waals surface area contributed by atoms with Crippen LogP contribution in [0.25, 0.3) is 0 Å². The summed E-state index contributed by atoms with van der Waals surface area (Å²) in [5, 5.41) is 0. The van der Waals surface area contributed by atoms with Crippen molar-refractivity contribution >= 4 is 57.8 Å². The Morgan fingerprint density at radius 1 is 0.600 bits per heavy atom. The smallest absolute Gasteiger partial charge is 1.00 e. The Kier molecular flexibility index (Phi) is 13.0. The number of hydrogen-bond donors (Lipinski definition) is 0. The fraction of sp³-hybridized carbons (Fsp3) is 0. The molecule has 0 aliphatic rings. The van der Waals surface area contributed by atoms with Crippen molar-refractivity contribution in [1.82, 2.24) is 0 Å². The van der Waals surface area contributed by atoms with Gasteiger partial charge in [0.05, 0.1) is 0 Å². The molecular weight excluding hydrogens is 465 g/mol. The van der Waals surface area contributed by atoms with Crippen LogP contribution in [0.5, 0.6) is 0 Å². The topological polar surface area (TPSA) is 31.5 Å². The third kappa shape index (κ3) is 84.3. The molecule has 0 bridgehead atoms. The van der Waals surface area contributed by atoms with Gasteiger partial charge in [0.15, 0.2) is 0 Å². The monoisotopic (exact) mass is 466 g/mol. The molecule has 0 atom stereocenters. The van der Waals surface area contributed by atoms with E-state index in [2.05, 4.69) is 0 Å². The van der Waals surface area contributed by atoms with E-state index in [4.69, 9.17) is 57.8 Å². The second-order valence-corrected chi connectivity index (χ2v) is 55.8. The second kappa shape index (κ2) is 5.43. The van der Waals surface area contributed by atoms with Gasteiger partial charge in [-0.05, 0) is 0 Å². The maximum Gasteiger partial charge on any atom is 1.00 e. The van der Waals surface area contributed by atoms with Crippen LogP contribution in [0.1, 0.15) is 0 Å². The van der Waals surface area contributed by atoms with Gasteiger partial charge in [-0.1, -0.05) is 0 Å². The molecule has 0 unspecified atom stereocenters. The molecule has 1 nitrogen and oxygen atoms in total. The molecule has 10 heavy (non-hydrogen) atoms. The Hall–Kier alpha value is 4.34. The zero-order chi connectivity index (χ0) is 6.41. The fourth-order valence-electron chi connectivity index (χ4n) is 0. The van der Waals surface area contributed by atoms with Gasteiger partial charge in [-0.25, -0.2) is 0 Å². The van der Waals surface area contributed by atoms with Crippen molar-refractivity contribution in [3.8, 4) is 0 Å². The summed E-state index contributed by atoms with van der Waals surface area (Å²) in [7, 11) is 30.4. The Labute approximate surface area is 126 Å². The van der Waals surface area contributed by atoms with Crippen LogP contribution >= 0.6 is 57.8 Å². The van der Waals surface area contributed by atoms with Gasteiger partial charge in [0.2, 0.25) is 0 Å². The SMILES string of the molecule is O.[Cl][Os-2]([Cl])([Cl])([Cl])([Cl])[Cl].[Na+].[Na+]. The summed E-state index contributed by atoms with van der Waals surface area (Å²) in [6.45, 7) is -5.38. The van der Waals surface area contributed by atoms with Crippen molar-refractivity contribution < 1.29 is 71.2 Å². The molecule has 0 spiro atoms. The second-order valence-electron chi connectivity index (χ2n) is 0.758. The summed E-state index contributed by atoms with van der Waals surface area (Å²) in [5.74, 6) is 0. The first kappa shape index (κ1) is 23.9. The predicted octanol–water partition coefficient (Wildman–Crippen LogP) is -2.68. The molecule has 0 aromatic heterocycles. The van der Waals surface area contributed by atoms with E-state index in [9.17, 15) is 0 Å². The standard InChI is InChI=1S/6ClH.2Na.H2O.Os/h6*1H;;;1H2;/q;;;;;;2*+1;;+4/p-6. The van der Waals surface area contributed by atoms with Crippen LogP contribution in [0.4, 0.5) is 0 Å². The maximum atomic E-state index is 5.06. The fourth-order valence-corrected chi connectivity index (χ4v) is 0. The van der Waals surface area contributed by atoms with Crippen LogP contribution in [-0.4, -0.2) is 5.48 Å². The van der Waals surface area contributed by atoms with Crippen LogP contribution in [0, 0.1) is 0 Å². The van der Waals surface area contributed by atoms with Gasteiger partial charge in [-0.3, -0.25) is 0 Å². The molecule has 0 fully saturated rings. The van der Waals surface area contributed by atoms with Crippen molar-refractivity contribution in [2.45, 2.75) is 0 Å². The summed E-state index contributed by atoms with van der Waals surface area (Å²) in [6.07, 6.45) is 0. The first-order chi connectivity index (χ1) is 2.45. The molecule has 0 aliphatic carbocycles. The van der Waals surface area contributed by atoms with Gasteiger partial charge in [-0.2, -0.15) is 0 Å². The number of halogens is 6. The van der Waals surface area contributed by atoms with E-state index in [-0.39, 0.29) is 64.6 Å². The third-order valence-electron chi connectivity index (χ3n) is 0. The zero-order valence-corrected chi connectivity index (χ0v) is 16.2. The van der Waals surface area contributed by atoms with Gasteiger partial charge in [0.25, 0.3) is 0 Å². The van der Waals surface area contributed by atoms with E-state index in [1.165, 1.54) is 0 Å². The van der Waals surface area contributed by atoms with Crippen LogP contribution in [0.3, 0.4) is 0 Å². The number of rotatable bonds is 0. The molecular formula is H2Cl6Na2OOs. The van der Waals surface area contributed by atoms with Gasteiger partial charge in [0, 0.05) is 0 Å². The molecule has 0 saturated heterocycles. The Balaban J connectivity index is -0.0000000600. The summed E-state index contributed by atoms with van der Waals surface area (Å²) in [5.41, 5.74) is 0. The molecule has 0 amide bonds. The molecule has 2 N–H and O–H groups in total. The molecule has 0 radical (unpaired) electrons. The van der Waals surface area contributed by atoms with E-state index < -0.39 is 6.64 Å². The molecule has 0 aromatic carbocycles. The van der Waals surface area contributed by atoms with Crippen molar-refractivity contribution in [2.24, 2.45) is 0 Å². The van der Waals surface area contributed by atoms with Gasteiger partial charge < -0.3 is 5.48 Å². The summed E-state index contributed by atoms with van der Waals surface area (Å²) in [6, 6.07) is 0. The minimum atomic E-state index is -5.38. The third-order valence-corrected chi connectivity index (χ3v) is 0. The van der Waals surface area contributed by atoms with Gasteiger partial charge in [0.1, 0.15) is 0 Å². The Bertz CT molecular complexity index is 74.3. The number of hydrogen-bond acceptors (Lipinski definition) is 0. The van der Waals surface area contributed by atoms with E-state index in [1.807, 2.05) is 0 Å². The average Bonchev–Trinajstić information content (AvgIpc) is 0.592. The first-order valence-electron chi connectivity index (χ1n) is 0.802. The Morgan fingerprint density at radius 2 is 0.600 bits per heavy atom. The largest absolute Gasteiger partial charge is 1.00 e. The molecule has 60 valence electrons. The van der Waals surface area contributed by atoms with Crippen LogP contribution in [-0.2, 0) is 6.64 Å². The first-order valence-corrected chi connectivity index (χ1v) is 19.7. The minimum Gasteiger partial charge on any atom is 1.00 e. The van der Waals surface area contributed by atoms with E-state index >= 15 is 0 Å². The molecule has 0 rings (SSSR count). The molecule has 0 aliphatic heterocycles. The van der Waals surface area contributed by atoms with Crippen molar-refractivity contribution in [2.75, 3.05) is 0 Å². The maximum absolute atomic E-state index is 5.38. The van der Waals surface area contributed by atoms with Gasteiger partial charge in [-0.15, -0.1) is 0 Å². The summed E-state index contributed by atoms with van der Waals surface area (Å²) < 4.78 is 0. The average molecular weight is 467 g/mol. The zero-order valence-electron chi connectivity index (χ0n) is 5.12. The van der Waals surface area contributed by atoms with E-state index in [0.29, 0.717) is 0 Å². The predicted molar refractivity (Wildman–Crippen MR) is 38.7 cm³/mol. The summed E-state index contributed by atoms with van der Waals surface area (Å²) >= 11 is 0. The van der Waals surface area contributed by atoms with Crippen LogP contribution in [0.15, 0.2) is 0 Å². The quantitative estimate of drug-likeness (QED) is 0.349. The molecule has 0 heterocycles. The van der Waals surface area contributed by atoms with E-state index in [1.54, 1.807) is 0 Å². The summed E-state index contributed by atoms with van der Waals surface area (Å²) in [4.78, 5) is 0. The van der Waals surface area contributed by atoms with Gasteiger partial charge >= 0.3 is 124 Å². The van der Waals surface area contributed by atoms with E-state index in [0.717, 1.165) is 0 Å².